The predicted octanol–water partition coefficient (Wildman–Crippen LogP) is 1.62. The van der Waals surface area contributed by atoms with E-state index in [2.05, 4.69) is 10.0 Å². The highest BCUT2D eigenvalue weighted by Gasteiger charge is 2.38. The largest absolute Gasteiger partial charge is 0.339 e. The molecule has 0 saturated carbocycles. The van der Waals surface area contributed by atoms with Gasteiger partial charge in [0.05, 0.1) is 4.90 Å². The first-order chi connectivity index (χ1) is 11.5. The molecule has 6 nitrogen and oxygen atoms in total. The van der Waals surface area contributed by atoms with Crippen LogP contribution < -0.4 is 10.0 Å². The molecule has 25 heavy (non-hydrogen) atoms. The van der Waals surface area contributed by atoms with Gasteiger partial charge in [-0.15, -0.1) is 12.4 Å². The second-order valence-corrected chi connectivity index (χ2v) is 8.51. The molecule has 2 heterocycles. The minimum atomic E-state index is -3.47. The number of hydrogen-bond acceptors (Lipinski definition) is 4. The van der Waals surface area contributed by atoms with E-state index >= 15 is 0 Å². The Morgan fingerprint density at radius 2 is 1.84 bits per heavy atom. The third-order valence-electron chi connectivity index (χ3n) is 5.19. The van der Waals surface area contributed by atoms with Crippen LogP contribution in [0.3, 0.4) is 0 Å². The molecule has 2 N–H and O–H groups in total. The van der Waals surface area contributed by atoms with Crippen LogP contribution in [0.5, 0.6) is 0 Å². The van der Waals surface area contributed by atoms with Crippen LogP contribution in [0.25, 0.3) is 0 Å². The molecule has 1 amide bonds. The standard InChI is InChI=1S/C17H25N3O3S.ClH/c1-2-19-24(22,23)15-5-3-14(4-6-15)16(21)20-11-8-17(9-12-20)7-10-18-13-17;/h3-6,18-19H,2,7-13H2,1H3;1H. The highest BCUT2D eigenvalue weighted by atomic mass is 35.5. The van der Waals surface area contributed by atoms with Crippen LogP contribution in [-0.2, 0) is 10.0 Å². The molecule has 140 valence electrons. The number of amides is 1. The zero-order valence-corrected chi connectivity index (χ0v) is 16.1. The van der Waals surface area contributed by atoms with Crippen molar-refractivity contribution in [3.05, 3.63) is 29.8 Å². The van der Waals surface area contributed by atoms with Crippen LogP contribution in [0.4, 0.5) is 0 Å². The summed E-state index contributed by atoms with van der Waals surface area (Å²) in [5.74, 6) is -0.0109. The van der Waals surface area contributed by atoms with E-state index in [1.165, 1.54) is 18.6 Å². The fraction of sp³-hybridized carbons (Fsp3) is 0.588. The lowest BCUT2D eigenvalue weighted by atomic mass is 9.78. The molecule has 2 aliphatic rings. The normalized spacial score (nSPS) is 19.6. The van der Waals surface area contributed by atoms with Crippen LogP contribution in [0.2, 0.25) is 0 Å². The van der Waals surface area contributed by atoms with Gasteiger partial charge in [0.25, 0.3) is 5.91 Å². The molecule has 0 aromatic heterocycles. The summed E-state index contributed by atoms with van der Waals surface area (Å²) in [6.45, 7) is 5.77. The van der Waals surface area contributed by atoms with Gasteiger partial charge in [-0.25, -0.2) is 13.1 Å². The molecular weight excluding hydrogens is 362 g/mol. The summed E-state index contributed by atoms with van der Waals surface area (Å²) in [5, 5.41) is 3.42. The number of halogens is 1. The summed E-state index contributed by atoms with van der Waals surface area (Å²) in [7, 11) is -3.47. The average Bonchev–Trinajstić information content (AvgIpc) is 3.03. The van der Waals surface area contributed by atoms with E-state index in [1.54, 1.807) is 19.1 Å². The smallest absolute Gasteiger partial charge is 0.253 e. The molecule has 2 aliphatic heterocycles. The fourth-order valence-electron chi connectivity index (χ4n) is 3.64. The Labute approximate surface area is 155 Å². The van der Waals surface area contributed by atoms with Crippen molar-refractivity contribution in [2.24, 2.45) is 5.41 Å². The van der Waals surface area contributed by atoms with E-state index < -0.39 is 10.0 Å². The average molecular weight is 388 g/mol. The van der Waals surface area contributed by atoms with E-state index in [-0.39, 0.29) is 23.2 Å². The Kier molecular flexibility index (Phi) is 6.48. The zero-order chi connectivity index (χ0) is 17.2. The Morgan fingerprint density at radius 3 is 2.36 bits per heavy atom. The molecule has 0 unspecified atom stereocenters. The number of hydrogen-bond donors (Lipinski definition) is 2. The van der Waals surface area contributed by atoms with E-state index in [0.29, 0.717) is 17.5 Å². The first-order valence-corrected chi connectivity index (χ1v) is 10.0. The van der Waals surface area contributed by atoms with Gasteiger partial charge in [0.2, 0.25) is 10.0 Å². The van der Waals surface area contributed by atoms with Gasteiger partial charge in [-0.1, -0.05) is 6.92 Å². The van der Waals surface area contributed by atoms with Gasteiger partial charge in [-0.3, -0.25) is 4.79 Å². The fourth-order valence-corrected chi connectivity index (χ4v) is 4.68. The first kappa shape index (κ1) is 20.2. The van der Waals surface area contributed by atoms with Crippen molar-refractivity contribution in [1.29, 1.82) is 0 Å². The van der Waals surface area contributed by atoms with Gasteiger partial charge in [0.1, 0.15) is 0 Å². The summed E-state index contributed by atoms with van der Waals surface area (Å²) in [5.41, 5.74) is 0.923. The molecule has 1 spiro atoms. The van der Waals surface area contributed by atoms with Crippen molar-refractivity contribution in [3.8, 4) is 0 Å². The number of carbonyl (C=O) groups is 1. The minimum Gasteiger partial charge on any atom is -0.339 e. The lowest BCUT2D eigenvalue weighted by Gasteiger charge is -2.38. The molecule has 1 aromatic rings. The number of sulfonamides is 1. The molecule has 0 aliphatic carbocycles. The van der Waals surface area contributed by atoms with E-state index in [1.807, 2.05) is 4.90 Å². The van der Waals surface area contributed by atoms with Crippen molar-refractivity contribution >= 4 is 28.3 Å². The molecule has 0 radical (unpaired) electrons. The lowest BCUT2D eigenvalue weighted by molar-refractivity contribution is 0.0607. The number of nitrogens with one attached hydrogen (secondary N) is 2. The maximum atomic E-state index is 12.6. The summed E-state index contributed by atoms with van der Waals surface area (Å²) < 4.78 is 26.3. The quantitative estimate of drug-likeness (QED) is 0.822. The molecular formula is C17H26ClN3O3S. The maximum Gasteiger partial charge on any atom is 0.253 e. The SMILES string of the molecule is CCNS(=O)(=O)c1ccc(C(=O)N2CCC3(CCNC3)CC2)cc1.Cl. The molecule has 3 rings (SSSR count). The molecule has 2 fully saturated rings. The Hall–Kier alpha value is -1.15. The predicted molar refractivity (Wildman–Crippen MR) is 99.6 cm³/mol. The van der Waals surface area contributed by atoms with Gasteiger partial charge in [-0.2, -0.15) is 0 Å². The number of rotatable bonds is 4. The Morgan fingerprint density at radius 1 is 1.20 bits per heavy atom. The van der Waals surface area contributed by atoms with Gasteiger partial charge < -0.3 is 10.2 Å². The third-order valence-corrected chi connectivity index (χ3v) is 6.75. The molecule has 0 atom stereocenters. The van der Waals surface area contributed by atoms with Crippen LogP contribution in [0.1, 0.15) is 36.5 Å². The van der Waals surface area contributed by atoms with Crippen LogP contribution in [-0.4, -0.2) is 51.9 Å². The number of carbonyl (C=O) groups excluding carboxylic acids is 1. The minimum absolute atomic E-state index is 0. The second kappa shape index (κ2) is 8.03. The number of likely N-dealkylation sites (tertiary alicyclic amines) is 1. The van der Waals surface area contributed by atoms with Crippen LogP contribution >= 0.6 is 12.4 Å². The molecule has 8 heteroatoms. The number of benzene rings is 1. The number of piperidine rings is 1. The van der Waals surface area contributed by atoms with Crippen molar-refractivity contribution in [2.45, 2.75) is 31.1 Å². The highest BCUT2D eigenvalue weighted by Crippen LogP contribution is 2.37. The van der Waals surface area contributed by atoms with E-state index in [0.717, 1.165) is 39.0 Å². The van der Waals surface area contributed by atoms with E-state index in [4.69, 9.17) is 0 Å². The Bertz CT molecular complexity index is 690. The zero-order valence-electron chi connectivity index (χ0n) is 14.5. The van der Waals surface area contributed by atoms with Crippen molar-refractivity contribution in [2.75, 3.05) is 32.7 Å². The van der Waals surface area contributed by atoms with Gasteiger partial charge in [-0.05, 0) is 55.5 Å². The van der Waals surface area contributed by atoms with Gasteiger partial charge in [0.15, 0.2) is 0 Å². The summed E-state index contributed by atoms with van der Waals surface area (Å²) in [4.78, 5) is 14.7. The number of nitrogens with zero attached hydrogens (tertiary/aromatic N) is 1. The lowest BCUT2D eigenvalue weighted by Crippen LogP contribution is -2.44. The topological polar surface area (TPSA) is 78.5 Å². The third kappa shape index (κ3) is 4.34. The monoisotopic (exact) mass is 387 g/mol. The molecule has 2 saturated heterocycles. The molecule has 1 aromatic carbocycles. The summed E-state index contributed by atoms with van der Waals surface area (Å²) >= 11 is 0. The second-order valence-electron chi connectivity index (χ2n) is 6.74. The maximum absolute atomic E-state index is 12.6. The van der Waals surface area contributed by atoms with Crippen LogP contribution in [0, 0.1) is 5.41 Å². The van der Waals surface area contributed by atoms with Crippen molar-refractivity contribution in [1.82, 2.24) is 14.9 Å². The summed E-state index contributed by atoms with van der Waals surface area (Å²) in [6, 6.07) is 6.21. The first-order valence-electron chi connectivity index (χ1n) is 8.56. The highest BCUT2D eigenvalue weighted by molar-refractivity contribution is 7.89. The van der Waals surface area contributed by atoms with E-state index in [9.17, 15) is 13.2 Å². The van der Waals surface area contributed by atoms with Gasteiger partial charge in [0, 0.05) is 31.7 Å². The Balaban J connectivity index is 0.00000225. The van der Waals surface area contributed by atoms with Crippen molar-refractivity contribution in [3.63, 3.8) is 0 Å². The van der Waals surface area contributed by atoms with Gasteiger partial charge >= 0.3 is 0 Å². The van der Waals surface area contributed by atoms with Crippen LogP contribution in [0.15, 0.2) is 29.2 Å². The summed E-state index contributed by atoms with van der Waals surface area (Å²) in [6.07, 6.45) is 3.28. The van der Waals surface area contributed by atoms with Crippen molar-refractivity contribution < 1.29 is 13.2 Å². The molecule has 0 bridgehead atoms.